The van der Waals surface area contributed by atoms with E-state index in [1.54, 1.807) is 31.3 Å². The van der Waals surface area contributed by atoms with Crippen molar-refractivity contribution >= 4 is 23.6 Å². The summed E-state index contributed by atoms with van der Waals surface area (Å²) >= 11 is 0. The number of aromatic nitrogens is 3. The number of carbonyl (C=O) groups is 2. The van der Waals surface area contributed by atoms with Gasteiger partial charge in [-0.15, -0.1) is 0 Å². The Kier molecular flexibility index (Phi) is 9.95. The fourth-order valence-electron chi connectivity index (χ4n) is 5.63. The Labute approximate surface area is 269 Å². The largest absolute Gasteiger partial charge is 0.508 e. The molecule has 1 aliphatic rings. The maximum atomic E-state index is 13.1. The van der Waals surface area contributed by atoms with Crippen LogP contribution in [0.3, 0.4) is 0 Å². The molecule has 246 valence electrons. The van der Waals surface area contributed by atoms with E-state index >= 15 is 0 Å². The molecule has 11 nitrogen and oxygen atoms in total. The van der Waals surface area contributed by atoms with Gasteiger partial charge in [0.05, 0.1) is 17.3 Å². The lowest BCUT2D eigenvalue weighted by Crippen LogP contribution is -2.37. The zero-order valence-electron chi connectivity index (χ0n) is 25.7. The number of esters is 2. The minimum Gasteiger partial charge on any atom is -0.508 e. The number of phenols is 2. The highest BCUT2D eigenvalue weighted by molar-refractivity contribution is 5.92. The van der Waals surface area contributed by atoms with Gasteiger partial charge in [-0.3, -0.25) is 9.78 Å². The van der Waals surface area contributed by atoms with E-state index in [1.165, 1.54) is 24.4 Å². The number of pyridine rings is 3. The monoisotopic (exact) mass is 648 g/mol. The molecule has 0 bridgehead atoms. The van der Waals surface area contributed by atoms with Gasteiger partial charge < -0.3 is 30.1 Å². The second-order valence-electron chi connectivity index (χ2n) is 11.7. The fraction of sp³-hybridized carbons (Fsp3) is 0.324. The standard InChI is InChI=1S/C34H34F2N4O7/c1-19-13-26(39-30(14-19)40-29-15-21(31(35)36)11-12-37-29)22-5-10-28(38-17-22)34(2,45)23-6-3-20(4-7-23)32(43)46-18-47-33(44)25-16-24(41)8-9-27(25)42/h5,8-17,20,23,31,41-42,45H,3-4,6-7,18H2,1-2H3,(H,37,39,40)/t20-,23-,34-/m1/s1. The number of phenolic OH excluding ortho intramolecular Hbond substituents is 2. The van der Waals surface area contributed by atoms with Crippen LogP contribution in [0.5, 0.6) is 11.5 Å². The van der Waals surface area contributed by atoms with E-state index in [4.69, 9.17) is 9.47 Å². The van der Waals surface area contributed by atoms with Gasteiger partial charge in [0.2, 0.25) is 6.79 Å². The molecule has 0 radical (unpaired) electrons. The summed E-state index contributed by atoms with van der Waals surface area (Å²) < 4.78 is 36.3. The molecule has 13 heteroatoms. The van der Waals surface area contributed by atoms with Crippen molar-refractivity contribution in [3.05, 3.63) is 89.4 Å². The molecular formula is C34H34F2N4O7. The number of nitrogens with zero attached hydrogens (tertiary/aromatic N) is 3. The van der Waals surface area contributed by atoms with Gasteiger partial charge in [0, 0.05) is 23.5 Å². The number of anilines is 2. The molecule has 4 N–H and O–H groups in total. The van der Waals surface area contributed by atoms with E-state index in [2.05, 4.69) is 20.3 Å². The van der Waals surface area contributed by atoms with Crippen molar-refractivity contribution in [1.82, 2.24) is 15.0 Å². The minimum atomic E-state index is -2.62. The number of hydrogen-bond donors (Lipinski definition) is 4. The number of carbonyl (C=O) groups excluding carboxylic acids is 2. The Bertz CT molecular complexity index is 1740. The van der Waals surface area contributed by atoms with E-state index < -0.39 is 36.7 Å². The van der Waals surface area contributed by atoms with Crippen LogP contribution in [0.2, 0.25) is 0 Å². The summed E-state index contributed by atoms with van der Waals surface area (Å²) in [6.07, 6.45) is 2.28. The summed E-state index contributed by atoms with van der Waals surface area (Å²) in [5.74, 6) is -2.03. The van der Waals surface area contributed by atoms with Crippen molar-refractivity contribution in [3.8, 4) is 22.8 Å². The van der Waals surface area contributed by atoms with E-state index in [0.29, 0.717) is 48.5 Å². The van der Waals surface area contributed by atoms with Crippen LogP contribution in [0.25, 0.3) is 11.3 Å². The van der Waals surface area contributed by atoms with Crippen LogP contribution in [0, 0.1) is 18.8 Å². The first-order valence-electron chi connectivity index (χ1n) is 15.0. The number of halogens is 2. The van der Waals surface area contributed by atoms with E-state index in [1.807, 2.05) is 13.0 Å². The molecule has 0 unspecified atom stereocenters. The van der Waals surface area contributed by atoms with Crippen molar-refractivity contribution in [1.29, 1.82) is 0 Å². The lowest BCUT2D eigenvalue weighted by molar-refractivity contribution is -0.159. The molecule has 1 aliphatic carbocycles. The molecule has 47 heavy (non-hydrogen) atoms. The molecular weight excluding hydrogens is 614 g/mol. The number of hydrogen-bond acceptors (Lipinski definition) is 11. The highest BCUT2D eigenvalue weighted by Gasteiger charge is 2.39. The molecule has 0 aliphatic heterocycles. The maximum Gasteiger partial charge on any atom is 0.344 e. The summed E-state index contributed by atoms with van der Waals surface area (Å²) in [6.45, 7) is 2.94. The van der Waals surface area contributed by atoms with Crippen molar-refractivity contribution < 1.29 is 43.2 Å². The van der Waals surface area contributed by atoms with Gasteiger partial charge in [0.1, 0.15) is 34.3 Å². The molecule has 3 aromatic heterocycles. The predicted octanol–water partition coefficient (Wildman–Crippen LogP) is 6.31. The number of nitrogens with one attached hydrogen (secondary N) is 1. The molecule has 0 amide bonds. The average molecular weight is 649 g/mol. The number of aliphatic hydroxyl groups is 1. The first-order chi connectivity index (χ1) is 22.4. The highest BCUT2D eigenvalue weighted by Crippen LogP contribution is 2.41. The van der Waals surface area contributed by atoms with Crippen LogP contribution in [0.15, 0.2) is 67.0 Å². The normalized spacial score (nSPS) is 17.5. The lowest BCUT2D eigenvalue weighted by atomic mass is 9.73. The molecule has 1 fully saturated rings. The van der Waals surface area contributed by atoms with Crippen LogP contribution >= 0.6 is 0 Å². The van der Waals surface area contributed by atoms with Crippen molar-refractivity contribution in [3.63, 3.8) is 0 Å². The van der Waals surface area contributed by atoms with Crippen LogP contribution in [0.4, 0.5) is 20.4 Å². The maximum absolute atomic E-state index is 13.1. The number of rotatable bonds is 10. The van der Waals surface area contributed by atoms with Crippen molar-refractivity contribution in [2.45, 2.75) is 51.6 Å². The SMILES string of the molecule is Cc1cc(Nc2cc(C(F)F)ccn2)nc(-c2ccc([C@](C)(O)[C@H]3CC[C@H](C(=O)OCOC(=O)c4cc(O)ccc4O)CC3)nc2)c1. The Hall–Kier alpha value is -5.17. The smallest absolute Gasteiger partial charge is 0.344 e. The second kappa shape index (κ2) is 14.1. The zero-order chi connectivity index (χ0) is 33.7. The quantitative estimate of drug-likeness (QED) is 0.0865. The first-order valence-corrected chi connectivity index (χ1v) is 15.0. The third-order valence-electron chi connectivity index (χ3n) is 8.29. The fourth-order valence-corrected chi connectivity index (χ4v) is 5.63. The topological polar surface area (TPSA) is 164 Å². The van der Waals surface area contributed by atoms with Crippen LogP contribution in [-0.4, -0.2) is 49.0 Å². The molecule has 1 atom stereocenters. The summed E-state index contributed by atoms with van der Waals surface area (Å²) in [6, 6.07) is 13.1. The van der Waals surface area contributed by atoms with Gasteiger partial charge in [0.15, 0.2) is 0 Å². The highest BCUT2D eigenvalue weighted by atomic mass is 19.3. The third kappa shape index (κ3) is 7.98. The van der Waals surface area contributed by atoms with E-state index in [0.717, 1.165) is 17.7 Å². The number of benzene rings is 1. The zero-order valence-corrected chi connectivity index (χ0v) is 25.7. The predicted molar refractivity (Wildman–Crippen MR) is 166 cm³/mol. The minimum absolute atomic E-state index is 0.150. The van der Waals surface area contributed by atoms with Gasteiger partial charge in [-0.2, -0.15) is 0 Å². The van der Waals surface area contributed by atoms with Gasteiger partial charge in [0.25, 0.3) is 6.43 Å². The van der Waals surface area contributed by atoms with Gasteiger partial charge in [-0.1, -0.05) is 0 Å². The average Bonchev–Trinajstić information content (AvgIpc) is 3.05. The van der Waals surface area contributed by atoms with Gasteiger partial charge in [-0.25, -0.2) is 23.5 Å². The van der Waals surface area contributed by atoms with Crippen molar-refractivity contribution in [2.24, 2.45) is 11.8 Å². The molecule has 1 saturated carbocycles. The molecule has 5 rings (SSSR count). The first kappa shape index (κ1) is 33.2. The van der Waals surface area contributed by atoms with Crippen LogP contribution in [0.1, 0.15) is 66.2 Å². The van der Waals surface area contributed by atoms with Gasteiger partial charge in [-0.05, 0) is 106 Å². The summed E-state index contributed by atoms with van der Waals surface area (Å²) in [4.78, 5) is 38.0. The summed E-state index contributed by atoms with van der Waals surface area (Å²) in [5.41, 5.74) is 0.951. The van der Waals surface area contributed by atoms with Crippen molar-refractivity contribution in [2.75, 3.05) is 12.1 Å². The summed E-state index contributed by atoms with van der Waals surface area (Å²) in [5, 5.41) is 33.8. The Morgan fingerprint density at radius 1 is 0.979 bits per heavy atom. The molecule has 3 heterocycles. The number of aryl methyl sites for hydroxylation is 1. The third-order valence-corrected chi connectivity index (χ3v) is 8.29. The summed E-state index contributed by atoms with van der Waals surface area (Å²) in [7, 11) is 0. The van der Waals surface area contributed by atoms with Crippen LogP contribution < -0.4 is 5.32 Å². The Balaban J connectivity index is 1.16. The number of alkyl halides is 2. The molecule has 0 spiro atoms. The second-order valence-corrected chi connectivity index (χ2v) is 11.7. The van der Waals surface area contributed by atoms with Crippen LogP contribution in [-0.2, 0) is 19.9 Å². The molecule has 4 aromatic rings. The van der Waals surface area contributed by atoms with Gasteiger partial charge >= 0.3 is 11.9 Å². The molecule has 0 saturated heterocycles. The number of ether oxygens (including phenoxy) is 2. The Morgan fingerprint density at radius 3 is 2.45 bits per heavy atom. The Morgan fingerprint density at radius 2 is 1.74 bits per heavy atom. The number of aromatic hydroxyl groups is 2. The van der Waals surface area contributed by atoms with E-state index in [9.17, 15) is 33.7 Å². The lowest BCUT2D eigenvalue weighted by Gasteiger charge is -2.37. The van der Waals surface area contributed by atoms with E-state index in [-0.39, 0.29) is 34.4 Å². The molecule has 1 aromatic carbocycles.